The Morgan fingerprint density at radius 1 is 0.500 bits per heavy atom. The smallest absolute Gasteiger partial charge is 0.126 e. The lowest BCUT2D eigenvalue weighted by Gasteiger charge is -2.31. The highest BCUT2D eigenvalue weighted by atomic mass is 19.1. The van der Waals surface area contributed by atoms with Gasteiger partial charge in [-0.1, -0.05) is 76.6 Å². The summed E-state index contributed by atoms with van der Waals surface area (Å²) >= 11 is 0. The summed E-state index contributed by atoms with van der Waals surface area (Å²) in [5.41, 5.74) is 4.23. The quantitative estimate of drug-likeness (QED) is 0.259. The van der Waals surface area contributed by atoms with Crippen molar-refractivity contribution in [3.63, 3.8) is 0 Å². The highest BCUT2D eigenvalue weighted by Crippen LogP contribution is 2.44. The third-order valence-electron chi connectivity index (χ3n) is 11.2. The van der Waals surface area contributed by atoms with E-state index < -0.39 is 0 Å². The summed E-state index contributed by atoms with van der Waals surface area (Å²) in [4.78, 5) is 0. The first-order valence-corrected chi connectivity index (χ1v) is 17.1. The molecule has 2 aromatic carbocycles. The third kappa shape index (κ3) is 7.38. The summed E-state index contributed by atoms with van der Waals surface area (Å²) in [5.74, 6) is 3.37. The van der Waals surface area contributed by atoms with Crippen LogP contribution in [0.4, 0.5) is 8.78 Å². The minimum atomic E-state index is 0.00933. The molecule has 0 saturated heterocycles. The van der Waals surface area contributed by atoms with Crippen LogP contribution in [-0.2, 0) is 0 Å². The van der Waals surface area contributed by atoms with Gasteiger partial charge in [-0.3, -0.25) is 0 Å². The van der Waals surface area contributed by atoms with E-state index in [1.165, 1.54) is 82.6 Å². The SMILES string of the molecule is CCCCCC1CCC(c2ccc(C3CCC(c4ccc(C5CCC(CCC)CC5)c(F)c4)CC3)c(F)c2)CC1. The van der Waals surface area contributed by atoms with Crippen LogP contribution in [0.15, 0.2) is 36.4 Å². The van der Waals surface area contributed by atoms with E-state index in [4.69, 9.17) is 0 Å². The second-order valence-corrected chi connectivity index (χ2v) is 13.8. The molecule has 3 aliphatic carbocycles. The van der Waals surface area contributed by atoms with Crippen LogP contribution in [0, 0.1) is 23.5 Å². The maximum absolute atomic E-state index is 15.4. The van der Waals surface area contributed by atoms with Crippen LogP contribution < -0.4 is 0 Å². The number of hydrogen-bond acceptors (Lipinski definition) is 0. The molecule has 3 fully saturated rings. The first-order valence-electron chi connectivity index (χ1n) is 17.1. The van der Waals surface area contributed by atoms with Crippen LogP contribution >= 0.6 is 0 Å². The van der Waals surface area contributed by atoms with Crippen molar-refractivity contribution in [2.24, 2.45) is 11.8 Å². The van der Waals surface area contributed by atoms with E-state index in [1.807, 2.05) is 12.1 Å². The monoisotopic (exact) mass is 548 g/mol. The summed E-state index contributed by atoms with van der Waals surface area (Å²) in [6.45, 7) is 4.55. The number of benzene rings is 2. The van der Waals surface area contributed by atoms with Crippen LogP contribution in [0.3, 0.4) is 0 Å². The van der Waals surface area contributed by atoms with E-state index in [2.05, 4.69) is 38.1 Å². The van der Waals surface area contributed by atoms with Crippen LogP contribution in [0.25, 0.3) is 0 Å². The maximum atomic E-state index is 15.4. The number of halogens is 2. The topological polar surface area (TPSA) is 0 Å². The van der Waals surface area contributed by atoms with Crippen molar-refractivity contribution < 1.29 is 8.78 Å². The van der Waals surface area contributed by atoms with E-state index in [9.17, 15) is 0 Å². The maximum Gasteiger partial charge on any atom is 0.126 e. The number of unbranched alkanes of at least 4 members (excludes halogenated alkanes) is 2. The molecule has 3 aliphatic rings. The van der Waals surface area contributed by atoms with Crippen LogP contribution in [0.5, 0.6) is 0 Å². The van der Waals surface area contributed by atoms with Gasteiger partial charge in [0.1, 0.15) is 11.6 Å². The first kappa shape index (κ1) is 29.8. The van der Waals surface area contributed by atoms with Gasteiger partial charge in [0, 0.05) is 0 Å². The summed E-state index contributed by atoms with van der Waals surface area (Å²) in [6, 6.07) is 12.3. The fourth-order valence-corrected chi connectivity index (χ4v) is 8.63. The lowest BCUT2D eigenvalue weighted by atomic mass is 9.74. The Morgan fingerprint density at radius 2 is 0.925 bits per heavy atom. The summed E-state index contributed by atoms with van der Waals surface area (Å²) in [6.07, 6.45) is 21.9. The number of rotatable bonds is 10. The first-order chi connectivity index (χ1) is 19.6. The van der Waals surface area contributed by atoms with Gasteiger partial charge in [-0.25, -0.2) is 8.78 Å². The van der Waals surface area contributed by atoms with E-state index >= 15 is 8.78 Å². The molecule has 0 radical (unpaired) electrons. The highest BCUT2D eigenvalue weighted by molar-refractivity contribution is 5.32. The lowest BCUT2D eigenvalue weighted by molar-refractivity contribution is 0.302. The van der Waals surface area contributed by atoms with Crippen molar-refractivity contribution in [2.75, 3.05) is 0 Å². The molecule has 2 heteroatoms. The van der Waals surface area contributed by atoms with E-state index in [0.717, 1.165) is 67.1 Å². The largest absolute Gasteiger partial charge is 0.207 e. The van der Waals surface area contributed by atoms with Crippen molar-refractivity contribution in [3.05, 3.63) is 70.3 Å². The number of hydrogen-bond donors (Lipinski definition) is 0. The van der Waals surface area contributed by atoms with Gasteiger partial charge in [0.05, 0.1) is 0 Å². The molecule has 0 N–H and O–H groups in total. The summed E-state index contributed by atoms with van der Waals surface area (Å²) in [7, 11) is 0. The van der Waals surface area contributed by atoms with Crippen molar-refractivity contribution in [3.8, 4) is 0 Å². The average Bonchev–Trinajstić information content (AvgIpc) is 2.98. The zero-order valence-electron chi connectivity index (χ0n) is 25.4. The van der Waals surface area contributed by atoms with E-state index in [1.54, 1.807) is 0 Å². The molecule has 0 aliphatic heterocycles. The predicted octanol–water partition coefficient (Wildman–Crippen LogP) is 12.3. The molecule has 220 valence electrons. The Balaban J connectivity index is 1.12. The second-order valence-electron chi connectivity index (χ2n) is 13.8. The van der Waals surface area contributed by atoms with Gasteiger partial charge in [0.15, 0.2) is 0 Å². The van der Waals surface area contributed by atoms with Crippen molar-refractivity contribution in [2.45, 2.75) is 153 Å². The molecule has 5 rings (SSSR count). The Morgan fingerprint density at radius 3 is 1.38 bits per heavy atom. The molecular weight excluding hydrogens is 494 g/mol. The minimum Gasteiger partial charge on any atom is -0.207 e. The average molecular weight is 549 g/mol. The van der Waals surface area contributed by atoms with Gasteiger partial charge in [0.2, 0.25) is 0 Å². The van der Waals surface area contributed by atoms with Gasteiger partial charge in [-0.05, 0) is 147 Å². The Kier molecular flexibility index (Phi) is 10.8. The molecule has 0 bridgehead atoms. The molecule has 3 saturated carbocycles. The molecule has 40 heavy (non-hydrogen) atoms. The minimum absolute atomic E-state index is 0.00933. The van der Waals surface area contributed by atoms with E-state index in [0.29, 0.717) is 23.7 Å². The van der Waals surface area contributed by atoms with E-state index in [-0.39, 0.29) is 11.6 Å². The zero-order chi connectivity index (χ0) is 27.9. The van der Waals surface area contributed by atoms with Gasteiger partial charge >= 0.3 is 0 Å². The van der Waals surface area contributed by atoms with Gasteiger partial charge in [-0.2, -0.15) is 0 Å². The van der Waals surface area contributed by atoms with Crippen LogP contribution in [0.1, 0.15) is 175 Å². The van der Waals surface area contributed by atoms with Crippen LogP contribution in [-0.4, -0.2) is 0 Å². The zero-order valence-corrected chi connectivity index (χ0v) is 25.4. The predicted molar refractivity (Wildman–Crippen MR) is 165 cm³/mol. The Bertz CT molecular complexity index is 1050. The Labute approximate surface area is 243 Å². The van der Waals surface area contributed by atoms with Crippen molar-refractivity contribution in [1.82, 2.24) is 0 Å². The molecule has 0 atom stereocenters. The highest BCUT2D eigenvalue weighted by Gasteiger charge is 2.29. The third-order valence-corrected chi connectivity index (χ3v) is 11.2. The molecule has 0 nitrogen and oxygen atoms in total. The summed E-state index contributed by atoms with van der Waals surface area (Å²) < 4.78 is 30.6. The normalized spacial score (nSPS) is 29.4. The molecule has 2 aromatic rings. The molecule has 0 aromatic heterocycles. The van der Waals surface area contributed by atoms with Crippen molar-refractivity contribution in [1.29, 1.82) is 0 Å². The lowest BCUT2D eigenvalue weighted by Crippen LogP contribution is -2.16. The molecule has 0 heterocycles. The molecular formula is C38H54F2. The van der Waals surface area contributed by atoms with Gasteiger partial charge in [-0.15, -0.1) is 0 Å². The molecule has 0 unspecified atom stereocenters. The Hall–Kier alpha value is -1.70. The summed E-state index contributed by atoms with van der Waals surface area (Å²) in [5, 5.41) is 0. The van der Waals surface area contributed by atoms with Gasteiger partial charge in [0.25, 0.3) is 0 Å². The standard InChI is InChI=1S/C38H54F2/c1-3-5-6-8-28-9-13-29(14-10-28)33-21-24-36(38(40)25-33)32-19-17-30(18-20-32)34-22-23-35(37(39)26-34)31-15-11-27(7-4-2)12-16-31/h21-32H,3-20H2,1-2H3. The molecule has 0 amide bonds. The van der Waals surface area contributed by atoms with Crippen molar-refractivity contribution >= 4 is 0 Å². The fourth-order valence-electron chi connectivity index (χ4n) is 8.63. The fraction of sp³-hybridized carbons (Fsp3) is 0.684. The van der Waals surface area contributed by atoms with Gasteiger partial charge < -0.3 is 0 Å². The second kappa shape index (κ2) is 14.5. The van der Waals surface area contributed by atoms with Crippen LogP contribution in [0.2, 0.25) is 0 Å². The molecule has 0 spiro atoms.